The van der Waals surface area contributed by atoms with Gasteiger partial charge in [0.05, 0.1) is 18.0 Å². The predicted molar refractivity (Wildman–Crippen MR) is 108 cm³/mol. The van der Waals surface area contributed by atoms with Crippen LogP contribution < -0.4 is 0 Å². The molecule has 1 amide bonds. The van der Waals surface area contributed by atoms with Gasteiger partial charge in [0, 0.05) is 30.2 Å². The van der Waals surface area contributed by atoms with E-state index in [1.807, 2.05) is 47.6 Å². The lowest BCUT2D eigenvalue weighted by atomic mass is 10.2. The minimum Gasteiger partial charge on any atom is -0.372 e. The minimum absolute atomic E-state index is 0.0589. The van der Waals surface area contributed by atoms with Gasteiger partial charge >= 0.3 is 0 Å². The van der Waals surface area contributed by atoms with E-state index in [1.165, 1.54) is 11.8 Å². The molecule has 6 nitrogen and oxygen atoms in total. The molecule has 0 N–H and O–H groups in total. The molecule has 3 rings (SSSR count). The lowest BCUT2D eigenvalue weighted by Crippen LogP contribution is -2.48. The summed E-state index contributed by atoms with van der Waals surface area (Å²) in [5.74, 6) is 1.13. The minimum atomic E-state index is 0.0589. The zero-order valence-corrected chi connectivity index (χ0v) is 17.0. The van der Waals surface area contributed by atoms with Crippen molar-refractivity contribution in [3.63, 3.8) is 0 Å². The molecule has 1 aliphatic heterocycles. The molecule has 2 aromatic rings. The Labute approximate surface area is 168 Å². The second-order valence-corrected chi connectivity index (χ2v) is 7.94. The number of allylic oxidation sites excluding steroid dienone is 1. The number of amides is 1. The van der Waals surface area contributed by atoms with Crippen molar-refractivity contribution in [1.29, 1.82) is 0 Å². The van der Waals surface area contributed by atoms with Gasteiger partial charge in [-0.2, -0.15) is 0 Å². The van der Waals surface area contributed by atoms with Gasteiger partial charge in [-0.15, -0.1) is 16.8 Å². The Morgan fingerprint density at radius 3 is 2.59 bits per heavy atom. The van der Waals surface area contributed by atoms with Crippen LogP contribution >= 0.6 is 23.4 Å². The standard InChI is InChI=1S/C19H23ClN4O2S/c1-4-9-24-18(15-5-7-16(20)8-6-15)21-22-19(24)27-12-17(25)23-10-13(2)26-14(3)11-23/h4-8,13-14H,1,9-12H2,2-3H3/t13-,14+. The average Bonchev–Trinajstić information content (AvgIpc) is 3.02. The Morgan fingerprint density at radius 2 is 1.96 bits per heavy atom. The fourth-order valence-corrected chi connectivity index (χ4v) is 4.08. The third kappa shape index (κ3) is 4.91. The van der Waals surface area contributed by atoms with Gasteiger partial charge in [0.1, 0.15) is 0 Å². The first kappa shape index (κ1) is 19.9. The number of thioether (sulfide) groups is 1. The van der Waals surface area contributed by atoms with Crippen molar-refractivity contribution in [3.8, 4) is 11.4 Å². The maximum absolute atomic E-state index is 12.6. The van der Waals surface area contributed by atoms with E-state index in [9.17, 15) is 4.79 Å². The van der Waals surface area contributed by atoms with Crippen molar-refractivity contribution in [2.45, 2.75) is 37.8 Å². The van der Waals surface area contributed by atoms with Crippen molar-refractivity contribution in [3.05, 3.63) is 41.9 Å². The van der Waals surface area contributed by atoms with Gasteiger partial charge < -0.3 is 9.64 Å². The van der Waals surface area contributed by atoms with Crippen LogP contribution in [0.3, 0.4) is 0 Å². The number of morpholine rings is 1. The Morgan fingerprint density at radius 1 is 1.30 bits per heavy atom. The highest BCUT2D eigenvalue weighted by molar-refractivity contribution is 7.99. The summed E-state index contributed by atoms with van der Waals surface area (Å²) in [6, 6.07) is 7.45. The third-order valence-electron chi connectivity index (χ3n) is 4.23. The number of carbonyl (C=O) groups is 1. The number of hydrogen-bond acceptors (Lipinski definition) is 5. The lowest BCUT2D eigenvalue weighted by molar-refractivity contribution is -0.140. The first-order valence-corrected chi connectivity index (χ1v) is 10.2. The van der Waals surface area contributed by atoms with Crippen molar-refractivity contribution in [2.24, 2.45) is 0 Å². The van der Waals surface area contributed by atoms with E-state index in [4.69, 9.17) is 16.3 Å². The number of ether oxygens (including phenoxy) is 1. The summed E-state index contributed by atoms with van der Waals surface area (Å²) in [6.45, 7) is 9.60. The normalized spacial score (nSPS) is 19.9. The molecule has 27 heavy (non-hydrogen) atoms. The van der Waals surface area contributed by atoms with Gasteiger partial charge in [-0.3, -0.25) is 9.36 Å². The molecule has 1 aromatic carbocycles. The van der Waals surface area contributed by atoms with E-state index < -0.39 is 0 Å². The number of carbonyl (C=O) groups excluding carboxylic acids is 1. The molecule has 2 heterocycles. The van der Waals surface area contributed by atoms with Crippen LogP contribution in [-0.2, 0) is 16.1 Å². The summed E-state index contributed by atoms with van der Waals surface area (Å²) in [4.78, 5) is 14.5. The second kappa shape index (κ2) is 8.91. The zero-order valence-electron chi connectivity index (χ0n) is 15.5. The molecule has 2 atom stereocenters. The molecule has 0 unspecified atom stereocenters. The fourth-order valence-electron chi connectivity index (χ4n) is 3.10. The predicted octanol–water partition coefficient (Wildman–Crippen LogP) is 3.51. The number of halogens is 1. The second-order valence-electron chi connectivity index (χ2n) is 6.56. The van der Waals surface area contributed by atoms with Gasteiger partial charge in [-0.05, 0) is 38.1 Å². The van der Waals surface area contributed by atoms with Crippen molar-refractivity contribution >= 4 is 29.3 Å². The first-order chi connectivity index (χ1) is 13.0. The average molecular weight is 407 g/mol. The zero-order chi connectivity index (χ0) is 19.4. The molecule has 0 radical (unpaired) electrons. The van der Waals surface area contributed by atoms with Crippen LogP contribution in [0.4, 0.5) is 0 Å². The molecule has 1 aromatic heterocycles. The fraction of sp³-hybridized carbons (Fsp3) is 0.421. The van der Waals surface area contributed by atoms with Crippen molar-refractivity contribution in [1.82, 2.24) is 19.7 Å². The van der Waals surface area contributed by atoms with Crippen LogP contribution in [-0.4, -0.2) is 56.6 Å². The molecule has 8 heteroatoms. The van der Waals surface area contributed by atoms with Crippen LogP contribution in [0.2, 0.25) is 5.02 Å². The number of aromatic nitrogens is 3. The first-order valence-electron chi connectivity index (χ1n) is 8.84. The Bertz CT molecular complexity index is 799. The molecular formula is C19H23ClN4O2S. The summed E-state index contributed by atoms with van der Waals surface area (Å²) in [5.41, 5.74) is 0.919. The molecule has 0 saturated carbocycles. The summed E-state index contributed by atoms with van der Waals surface area (Å²) in [5, 5.41) is 9.95. The maximum Gasteiger partial charge on any atom is 0.233 e. The number of hydrogen-bond donors (Lipinski definition) is 0. The molecule has 0 aliphatic carbocycles. The summed E-state index contributed by atoms with van der Waals surface area (Å²) in [6.07, 6.45) is 1.91. The quantitative estimate of drug-likeness (QED) is 0.542. The van der Waals surface area contributed by atoms with Crippen molar-refractivity contribution in [2.75, 3.05) is 18.8 Å². The largest absolute Gasteiger partial charge is 0.372 e. The highest BCUT2D eigenvalue weighted by Crippen LogP contribution is 2.25. The summed E-state index contributed by atoms with van der Waals surface area (Å²) in [7, 11) is 0. The molecule has 144 valence electrons. The highest BCUT2D eigenvalue weighted by atomic mass is 35.5. The Hall–Kier alpha value is -1.83. The smallest absolute Gasteiger partial charge is 0.233 e. The molecular weight excluding hydrogens is 384 g/mol. The lowest BCUT2D eigenvalue weighted by Gasteiger charge is -2.35. The summed E-state index contributed by atoms with van der Waals surface area (Å²) < 4.78 is 7.65. The van der Waals surface area contributed by atoms with Crippen LogP contribution in [0.1, 0.15) is 13.8 Å². The number of rotatable bonds is 6. The molecule has 1 fully saturated rings. The monoisotopic (exact) mass is 406 g/mol. The Kier molecular flexibility index (Phi) is 6.57. The van der Waals surface area contributed by atoms with Gasteiger partial charge in [-0.25, -0.2) is 0 Å². The molecule has 1 aliphatic rings. The maximum atomic E-state index is 12.6. The number of nitrogens with zero attached hydrogens (tertiary/aromatic N) is 4. The van der Waals surface area contributed by atoms with Gasteiger partial charge in [0.15, 0.2) is 11.0 Å². The summed E-state index contributed by atoms with van der Waals surface area (Å²) >= 11 is 7.36. The SMILES string of the molecule is C=CCn1c(SCC(=O)N2C[C@@H](C)O[C@@H](C)C2)nnc1-c1ccc(Cl)cc1. The van der Waals surface area contributed by atoms with E-state index in [2.05, 4.69) is 16.8 Å². The Balaban J connectivity index is 1.72. The van der Waals surface area contributed by atoms with E-state index >= 15 is 0 Å². The van der Waals surface area contributed by atoms with Crippen LogP contribution in [0.15, 0.2) is 42.1 Å². The van der Waals surface area contributed by atoms with Gasteiger partial charge in [-0.1, -0.05) is 29.4 Å². The van der Waals surface area contributed by atoms with Gasteiger partial charge in [0.2, 0.25) is 5.91 Å². The molecule has 1 saturated heterocycles. The van der Waals surface area contributed by atoms with Crippen LogP contribution in [0, 0.1) is 0 Å². The van der Waals surface area contributed by atoms with Crippen molar-refractivity contribution < 1.29 is 9.53 Å². The molecule has 0 bridgehead atoms. The van der Waals surface area contributed by atoms with E-state index in [0.717, 1.165) is 11.4 Å². The van der Waals surface area contributed by atoms with Gasteiger partial charge in [0.25, 0.3) is 0 Å². The van der Waals surface area contributed by atoms with E-state index in [-0.39, 0.29) is 18.1 Å². The van der Waals surface area contributed by atoms with E-state index in [1.54, 1.807) is 6.08 Å². The van der Waals surface area contributed by atoms with Crippen LogP contribution in [0.5, 0.6) is 0 Å². The van der Waals surface area contributed by atoms with E-state index in [0.29, 0.717) is 35.6 Å². The van der Waals surface area contributed by atoms with Crippen LogP contribution in [0.25, 0.3) is 11.4 Å². The third-order valence-corrected chi connectivity index (χ3v) is 5.43. The topological polar surface area (TPSA) is 60.2 Å². The molecule has 0 spiro atoms. The highest BCUT2D eigenvalue weighted by Gasteiger charge is 2.26. The number of benzene rings is 1.